The standard InChI is InChI=1S/C22H23N3O3S/c1-29(27,28)19-9-5-8-17(14-19)22-23-20(16-6-3-2-4-7-16)15-21(24-22)25-12-10-18(26)11-13-25/h2-9,14-15,18,26H,10-13H2,1H3. The maximum absolute atomic E-state index is 12.0. The van der Waals surface area contributed by atoms with Crippen LogP contribution < -0.4 is 4.90 Å². The predicted molar refractivity (Wildman–Crippen MR) is 113 cm³/mol. The molecule has 0 bridgehead atoms. The fourth-order valence-corrected chi connectivity index (χ4v) is 4.11. The maximum Gasteiger partial charge on any atom is 0.175 e. The van der Waals surface area contributed by atoms with Crippen molar-refractivity contribution in [1.29, 1.82) is 0 Å². The molecule has 0 saturated carbocycles. The first kappa shape index (κ1) is 19.5. The fraction of sp³-hybridized carbons (Fsp3) is 0.273. The second-order valence-electron chi connectivity index (χ2n) is 7.32. The second kappa shape index (κ2) is 7.93. The minimum atomic E-state index is -3.33. The molecule has 2 aromatic carbocycles. The van der Waals surface area contributed by atoms with Crippen LogP contribution in [0.4, 0.5) is 5.82 Å². The van der Waals surface area contributed by atoms with Crippen molar-refractivity contribution in [2.24, 2.45) is 0 Å². The molecule has 6 nitrogen and oxygen atoms in total. The van der Waals surface area contributed by atoms with E-state index < -0.39 is 9.84 Å². The minimum absolute atomic E-state index is 0.242. The molecule has 0 amide bonds. The number of anilines is 1. The van der Waals surface area contributed by atoms with Gasteiger partial charge in [-0.05, 0) is 25.0 Å². The number of rotatable bonds is 4. The average molecular weight is 410 g/mol. The zero-order valence-corrected chi connectivity index (χ0v) is 17.0. The Balaban J connectivity index is 1.82. The van der Waals surface area contributed by atoms with Crippen LogP contribution in [0.3, 0.4) is 0 Å². The van der Waals surface area contributed by atoms with Crippen LogP contribution in [0.5, 0.6) is 0 Å². The van der Waals surface area contributed by atoms with Gasteiger partial charge >= 0.3 is 0 Å². The zero-order chi connectivity index (χ0) is 20.4. The number of aliphatic hydroxyl groups excluding tert-OH is 1. The smallest absolute Gasteiger partial charge is 0.175 e. The van der Waals surface area contributed by atoms with Crippen molar-refractivity contribution in [3.63, 3.8) is 0 Å². The Morgan fingerprint density at radius 2 is 1.62 bits per heavy atom. The molecule has 0 unspecified atom stereocenters. The van der Waals surface area contributed by atoms with E-state index in [2.05, 4.69) is 4.90 Å². The van der Waals surface area contributed by atoms with Crippen molar-refractivity contribution in [2.75, 3.05) is 24.2 Å². The molecule has 150 valence electrons. The van der Waals surface area contributed by atoms with Crippen LogP contribution in [0, 0.1) is 0 Å². The Labute approximate surface area is 170 Å². The van der Waals surface area contributed by atoms with E-state index in [-0.39, 0.29) is 11.0 Å². The molecule has 1 aliphatic heterocycles. The summed E-state index contributed by atoms with van der Waals surface area (Å²) in [4.78, 5) is 11.8. The number of hydrogen-bond acceptors (Lipinski definition) is 6. The molecule has 1 N–H and O–H groups in total. The number of sulfone groups is 1. The Bertz CT molecular complexity index is 1110. The number of hydrogen-bond donors (Lipinski definition) is 1. The third-order valence-electron chi connectivity index (χ3n) is 5.09. The van der Waals surface area contributed by atoms with Gasteiger partial charge in [0.2, 0.25) is 0 Å². The molecule has 29 heavy (non-hydrogen) atoms. The molecule has 0 aliphatic carbocycles. The van der Waals surface area contributed by atoms with Crippen LogP contribution in [0.25, 0.3) is 22.6 Å². The van der Waals surface area contributed by atoms with E-state index in [1.54, 1.807) is 18.2 Å². The average Bonchev–Trinajstić information content (AvgIpc) is 2.74. The molecule has 4 rings (SSSR count). The van der Waals surface area contributed by atoms with Crippen molar-refractivity contribution < 1.29 is 13.5 Å². The summed E-state index contributed by atoms with van der Waals surface area (Å²) in [5.74, 6) is 1.27. The second-order valence-corrected chi connectivity index (χ2v) is 9.33. The number of aromatic nitrogens is 2. The van der Waals surface area contributed by atoms with Crippen molar-refractivity contribution in [2.45, 2.75) is 23.8 Å². The van der Waals surface area contributed by atoms with Gasteiger partial charge in [0, 0.05) is 36.5 Å². The van der Waals surface area contributed by atoms with Gasteiger partial charge in [0.1, 0.15) is 5.82 Å². The summed E-state index contributed by atoms with van der Waals surface area (Å²) in [6.07, 6.45) is 2.32. The number of aliphatic hydroxyl groups is 1. The molecule has 2 heterocycles. The molecular weight excluding hydrogens is 386 g/mol. The van der Waals surface area contributed by atoms with Crippen molar-refractivity contribution >= 4 is 15.7 Å². The topological polar surface area (TPSA) is 83.4 Å². The van der Waals surface area contributed by atoms with Crippen LogP contribution in [0.2, 0.25) is 0 Å². The monoisotopic (exact) mass is 409 g/mol. The highest BCUT2D eigenvalue weighted by atomic mass is 32.2. The lowest BCUT2D eigenvalue weighted by Gasteiger charge is -2.31. The largest absolute Gasteiger partial charge is 0.393 e. The molecule has 0 radical (unpaired) electrons. The lowest BCUT2D eigenvalue weighted by atomic mass is 10.1. The van der Waals surface area contributed by atoms with Crippen LogP contribution in [-0.2, 0) is 9.84 Å². The fourth-order valence-electron chi connectivity index (χ4n) is 3.44. The molecule has 0 spiro atoms. The highest BCUT2D eigenvalue weighted by Gasteiger charge is 2.20. The van der Waals surface area contributed by atoms with Crippen LogP contribution in [0.1, 0.15) is 12.8 Å². The highest BCUT2D eigenvalue weighted by molar-refractivity contribution is 7.90. The first-order chi connectivity index (χ1) is 13.9. The molecule has 1 aromatic heterocycles. The van der Waals surface area contributed by atoms with Gasteiger partial charge in [-0.15, -0.1) is 0 Å². The van der Waals surface area contributed by atoms with Crippen molar-refractivity contribution in [3.05, 3.63) is 60.7 Å². The quantitative estimate of drug-likeness (QED) is 0.713. The van der Waals surface area contributed by atoms with Gasteiger partial charge < -0.3 is 10.0 Å². The summed E-state index contributed by atoms with van der Waals surface area (Å²) >= 11 is 0. The van der Waals surface area contributed by atoms with Crippen LogP contribution in [-0.4, -0.2) is 48.9 Å². The molecule has 0 atom stereocenters. The first-order valence-electron chi connectivity index (χ1n) is 9.58. The third kappa shape index (κ3) is 4.46. The van der Waals surface area contributed by atoms with E-state index >= 15 is 0 Å². The number of nitrogens with zero attached hydrogens (tertiary/aromatic N) is 3. The number of benzene rings is 2. The van der Waals surface area contributed by atoms with Gasteiger partial charge in [-0.2, -0.15) is 0 Å². The molecule has 1 saturated heterocycles. The maximum atomic E-state index is 12.0. The molecular formula is C22H23N3O3S. The van der Waals surface area contributed by atoms with Gasteiger partial charge in [-0.3, -0.25) is 0 Å². The number of piperidine rings is 1. The Morgan fingerprint density at radius 3 is 2.31 bits per heavy atom. The van der Waals surface area contributed by atoms with Crippen LogP contribution in [0.15, 0.2) is 65.6 Å². The molecule has 1 aliphatic rings. The molecule has 1 fully saturated rings. The summed E-state index contributed by atoms with van der Waals surface area (Å²) < 4.78 is 24.0. The summed E-state index contributed by atoms with van der Waals surface area (Å²) in [6, 6.07) is 18.5. The van der Waals surface area contributed by atoms with Gasteiger partial charge in [0.05, 0.1) is 16.7 Å². The van der Waals surface area contributed by atoms with Crippen LogP contribution >= 0.6 is 0 Å². The Kier molecular flexibility index (Phi) is 5.34. The summed E-state index contributed by atoms with van der Waals surface area (Å²) in [5.41, 5.74) is 2.40. The highest BCUT2D eigenvalue weighted by Crippen LogP contribution is 2.28. The Morgan fingerprint density at radius 1 is 0.931 bits per heavy atom. The van der Waals surface area contributed by atoms with E-state index in [1.807, 2.05) is 42.5 Å². The minimum Gasteiger partial charge on any atom is -0.393 e. The van der Waals surface area contributed by atoms with Gasteiger partial charge in [0.15, 0.2) is 15.7 Å². The SMILES string of the molecule is CS(=O)(=O)c1cccc(-c2nc(-c3ccccc3)cc(N3CCC(O)CC3)n2)c1. The molecule has 7 heteroatoms. The zero-order valence-electron chi connectivity index (χ0n) is 16.2. The summed E-state index contributed by atoms with van der Waals surface area (Å²) in [7, 11) is -3.33. The van der Waals surface area contributed by atoms with E-state index in [4.69, 9.17) is 9.97 Å². The first-order valence-corrected chi connectivity index (χ1v) is 11.5. The third-order valence-corrected chi connectivity index (χ3v) is 6.20. The normalized spacial score (nSPS) is 15.4. The summed E-state index contributed by atoms with van der Waals surface area (Å²) in [6.45, 7) is 1.43. The van der Waals surface area contributed by atoms with E-state index in [1.165, 1.54) is 6.26 Å². The lowest BCUT2D eigenvalue weighted by Crippen LogP contribution is -2.36. The van der Waals surface area contributed by atoms with Crippen molar-refractivity contribution in [1.82, 2.24) is 9.97 Å². The van der Waals surface area contributed by atoms with Gasteiger partial charge in [-0.25, -0.2) is 18.4 Å². The lowest BCUT2D eigenvalue weighted by molar-refractivity contribution is 0.145. The molecule has 3 aromatic rings. The van der Waals surface area contributed by atoms with Gasteiger partial charge in [-0.1, -0.05) is 42.5 Å². The summed E-state index contributed by atoms with van der Waals surface area (Å²) in [5, 5.41) is 9.83. The van der Waals surface area contributed by atoms with Crippen molar-refractivity contribution in [3.8, 4) is 22.6 Å². The van der Waals surface area contributed by atoms with Gasteiger partial charge in [0.25, 0.3) is 0 Å². The Hall–Kier alpha value is -2.77. The predicted octanol–water partition coefficient (Wildman–Crippen LogP) is 3.18. The van der Waals surface area contributed by atoms with E-state index in [9.17, 15) is 13.5 Å². The van der Waals surface area contributed by atoms with E-state index in [0.717, 1.165) is 30.2 Å². The van der Waals surface area contributed by atoms with E-state index in [0.29, 0.717) is 24.2 Å².